The van der Waals surface area contributed by atoms with Crippen molar-refractivity contribution in [1.82, 2.24) is 15.1 Å². The van der Waals surface area contributed by atoms with Crippen LogP contribution in [0.1, 0.15) is 38.2 Å². The van der Waals surface area contributed by atoms with Crippen LogP contribution in [0.2, 0.25) is 0 Å². The van der Waals surface area contributed by atoms with E-state index >= 15 is 0 Å². The largest absolute Gasteiger partial charge is 0.454 e. The highest BCUT2D eigenvalue weighted by atomic mass is 16.7. The summed E-state index contributed by atoms with van der Waals surface area (Å²) in [6, 6.07) is 10.8. The Morgan fingerprint density at radius 1 is 1.20 bits per heavy atom. The molecule has 0 bridgehead atoms. The Morgan fingerprint density at radius 2 is 1.90 bits per heavy atom. The van der Waals surface area contributed by atoms with Gasteiger partial charge in [0.2, 0.25) is 6.79 Å². The second kappa shape index (κ2) is 8.10. The third kappa shape index (κ3) is 3.53. The second-order valence-corrected chi connectivity index (χ2v) is 8.81. The van der Waals surface area contributed by atoms with Gasteiger partial charge in [0, 0.05) is 17.6 Å². The third-order valence-corrected chi connectivity index (χ3v) is 7.08. The number of aliphatic hydroxyl groups is 1. The highest BCUT2D eigenvalue weighted by Gasteiger charge is 2.50. The van der Waals surface area contributed by atoms with Crippen LogP contribution in [0.4, 0.5) is 0 Å². The molecule has 2 N–H and O–H groups in total. The monoisotopic (exact) mass is 411 g/mol. The Balaban J connectivity index is 1.54. The molecule has 2 aliphatic heterocycles. The van der Waals surface area contributed by atoms with E-state index in [1.807, 2.05) is 11.8 Å². The van der Waals surface area contributed by atoms with Crippen LogP contribution in [-0.4, -0.2) is 54.2 Å². The number of rotatable bonds is 4. The maximum Gasteiger partial charge on any atom is 0.231 e. The molecule has 2 saturated heterocycles. The van der Waals surface area contributed by atoms with E-state index in [0.29, 0.717) is 11.5 Å². The van der Waals surface area contributed by atoms with Gasteiger partial charge in [-0.2, -0.15) is 0 Å². The second-order valence-electron chi connectivity index (χ2n) is 8.81. The quantitative estimate of drug-likeness (QED) is 0.793. The number of hydrogen-bond donors (Lipinski definition) is 2. The van der Waals surface area contributed by atoms with Crippen LogP contribution in [0, 0.1) is 0 Å². The first-order valence-electron chi connectivity index (χ1n) is 10.7. The van der Waals surface area contributed by atoms with Gasteiger partial charge in [-0.3, -0.25) is 10.2 Å². The molecule has 1 aromatic rings. The average molecular weight is 412 g/mol. The molecule has 6 nitrogen and oxygen atoms in total. The molecule has 30 heavy (non-hydrogen) atoms. The van der Waals surface area contributed by atoms with Crippen LogP contribution in [0.5, 0.6) is 0 Å². The number of aliphatic hydroxyl groups excluding tert-OH is 1. The number of benzene rings is 1. The van der Waals surface area contributed by atoms with Crippen LogP contribution in [0.25, 0.3) is 0 Å². The molecule has 1 saturated carbocycles. The van der Waals surface area contributed by atoms with E-state index in [-0.39, 0.29) is 17.9 Å². The maximum atomic E-state index is 10.8. The first kappa shape index (κ1) is 21.0. The summed E-state index contributed by atoms with van der Waals surface area (Å²) < 4.78 is 11.2. The molecule has 1 unspecified atom stereocenters. The highest BCUT2D eigenvalue weighted by molar-refractivity contribution is 5.31. The molecular weight excluding hydrogens is 378 g/mol. The van der Waals surface area contributed by atoms with Crippen molar-refractivity contribution in [2.75, 3.05) is 27.4 Å². The van der Waals surface area contributed by atoms with Crippen molar-refractivity contribution in [3.8, 4) is 0 Å². The van der Waals surface area contributed by atoms with Crippen molar-refractivity contribution in [1.29, 1.82) is 0 Å². The van der Waals surface area contributed by atoms with Gasteiger partial charge in [0.1, 0.15) is 0 Å². The Morgan fingerprint density at radius 3 is 2.53 bits per heavy atom. The summed E-state index contributed by atoms with van der Waals surface area (Å²) >= 11 is 0. The van der Waals surface area contributed by atoms with E-state index in [4.69, 9.17) is 9.47 Å². The van der Waals surface area contributed by atoms with E-state index in [0.717, 1.165) is 37.9 Å². The van der Waals surface area contributed by atoms with E-state index in [9.17, 15) is 5.11 Å². The molecule has 162 valence electrons. The molecule has 0 radical (unpaired) electrons. The van der Waals surface area contributed by atoms with Crippen molar-refractivity contribution < 1.29 is 14.6 Å². The van der Waals surface area contributed by atoms with Gasteiger partial charge in [-0.05, 0) is 58.3 Å². The Bertz CT molecular complexity index is 839. The fraction of sp³-hybridized carbons (Fsp3) is 0.500. The van der Waals surface area contributed by atoms with Crippen LogP contribution in [0.3, 0.4) is 0 Å². The van der Waals surface area contributed by atoms with Gasteiger partial charge in [-0.1, -0.05) is 43.0 Å². The molecule has 1 aliphatic carbocycles. The fourth-order valence-electron chi connectivity index (χ4n) is 5.23. The molecule has 0 amide bonds. The minimum atomic E-state index is -0.740. The van der Waals surface area contributed by atoms with E-state index in [1.54, 1.807) is 12.2 Å². The van der Waals surface area contributed by atoms with Gasteiger partial charge in [0.25, 0.3) is 0 Å². The zero-order valence-corrected chi connectivity index (χ0v) is 18.2. The lowest BCUT2D eigenvalue weighted by atomic mass is 9.69. The zero-order chi connectivity index (χ0) is 21.4. The molecule has 1 spiro atoms. The first-order chi connectivity index (χ1) is 14.4. The number of nitrogens with zero attached hydrogens (tertiary/aromatic N) is 2. The zero-order valence-electron chi connectivity index (χ0n) is 18.2. The molecule has 2 heterocycles. The summed E-state index contributed by atoms with van der Waals surface area (Å²) in [7, 11) is 4.35. The molecular formula is C24H33N3O3. The van der Waals surface area contributed by atoms with Crippen LogP contribution in [0.15, 0.2) is 66.3 Å². The van der Waals surface area contributed by atoms with Gasteiger partial charge >= 0.3 is 0 Å². The molecule has 3 fully saturated rings. The summed E-state index contributed by atoms with van der Waals surface area (Å²) in [4.78, 5) is 4.35. The van der Waals surface area contributed by atoms with Crippen LogP contribution >= 0.6 is 0 Å². The predicted molar refractivity (Wildman–Crippen MR) is 117 cm³/mol. The summed E-state index contributed by atoms with van der Waals surface area (Å²) in [5.74, 6) is 1.34. The Kier molecular flexibility index (Phi) is 5.66. The molecule has 4 rings (SSSR count). The van der Waals surface area contributed by atoms with Gasteiger partial charge in [-0.15, -0.1) is 0 Å². The van der Waals surface area contributed by atoms with Gasteiger partial charge in [0.05, 0.1) is 5.70 Å². The van der Waals surface area contributed by atoms with Crippen LogP contribution in [-0.2, 0) is 15.0 Å². The molecule has 3 aliphatic rings. The topological polar surface area (TPSA) is 57.2 Å². The lowest BCUT2D eigenvalue weighted by molar-refractivity contribution is 0.0296. The van der Waals surface area contributed by atoms with Crippen LogP contribution < -0.4 is 5.32 Å². The van der Waals surface area contributed by atoms with Crippen molar-refractivity contribution in [3.63, 3.8) is 0 Å². The predicted octanol–water partition coefficient (Wildman–Crippen LogP) is 3.24. The van der Waals surface area contributed by atoms with E-state index in [1.165, 1.54) is 5.56 Å². The number of ether oxygens (including phenoxy) is 2. The number of hydrogen-bond acceptors (Lipinski definition) is 6. The Hall–Kier alpha value is -2.28. The van der Waals surface area contributed by atoms with Crippen molar-refractivity contribution >= 4 is 0 Å². The minimum absolute atomic E-state index is 0.0301. The smallest absolute Gasteiger partial charge is 0.231 e. The SMILES string of the molecule is C=C/C=C1/OCO/C1=C(/C)N1CC2(CCC(c3ccccc3)(N(C)C)CC2)NC1O. The van der Waals surface area contributed by atoms with E-state index in [2.05, 4.69) is 61.2 Å². The number of nitrogens with one attached hydrogen (secondary N) is 1. The molecule has 6 heteroatoms. The summed E-state index contributed by atoms with van der Waals surface area (Å²) in [5, 5.41) is 14.3. The van der Waals surface area contributed by atoms with Gasteiger partial charge in [0.15, 0.2) is 17.9 Å². The summed E-state index contributed by atoms with van der Waals surface area (Å²) in [6.45, 7) is 6.65. The first-order valence-corrected chi connectivity index (χ1v) is 10.7. The van der Waals surface area contributed by atoms with Crippen molar-refractivity contribution in [2.24, 2.45) is 0 Å². The minimum Gasteiger partial charge on any atom is -0.454 e. The molecule has 1 aromatic carbocycles. The van der Waals surface area contributed by atoms with Gasteiger partial charge in [-0.25, -0.2) is 0 Å². The fourth-order valence-corrected chi connectivity index (χ4v) is 5.23. The standard InChI is InChI=1S/C24H33N3O3/c1-5-9-20-21(30-17-29-20)18(2)27-16-23(25-22(27)28)12-14-24(15-13-23,26(3)4)19-10-7-6-8-11-19/h5-11,22,25,28H,1,12-17H2,2-4H3/b20-9+,21-18-. The lowest BCUT2D eigenvalue weighted by Crippen LogP contribution is -2.54. The van der Waals surface area contributed by atoms with E-state index < -0.39 is 6.35 Å². The maximum absolute atomic E-state index is 10.8. The average Bonchev–Trinajstić information content (AvgIpc) is 3.33. The molecule has 1 atom stereocenters. The van der Waals surface area contributed by atoms with Crippen molar-refractivity contribution in [3.05, 3.63) is 71.8 Å². The van der Waals surface area contributed by atoms with Crippen molar-refractivity contribution in [2.45, 2.75) is 50.0 Å². The Labute approximate surface area is 179 Å². The lowest BCUT2D eigenvalue weighted by Gasteiger charge is -2.49. The van der Waals surface area contributed by atoms with Gasteiger partial charge < -0.3 is 19.5 Å². The third-order valence-electron chi connectivity index (χ3n) is 7.08. The highest BCUT2D eigenvalue weighted by Crippen LogP contribution is 2.46. The molecule has 0 aromatic heterocycles. The summed E-state index contributed by atoms with van der Waals surface area (Å²) in [6.07, 6.45) is 6.79. The normalized spacial score (nSPS) is 34.4. The summed E-state index contributed by atoms with van der Waals surface area (Å²) in [5.41, 5.74) is 2.17. The number of allylic oxidation sites excluding steroid dienone is 3.